The minimum atomic E-state index is -4.04. The Kier molecular flexibility index (Phi) is 6.12. The Morgan fingerprint density at radius 2 is 1.74 bits per heavy atom. The molecule has 0 bridgehead atoms. The van der Waals surface area contributed by atoms with Crippen LogP contribution in [-0.2, 0) is 10.0 Å². The number of aryl methyl sites for hydroxylation is 1. The summed E-state index contributed by atoms with van der Waals surface area (Å²) < 4.78 is 48.5. The molecule has 5 rings (SSSR count). The second kappa shape index (κ2) is 9.31. The third-order valence-electron chi connectivity index (χ3n) is 6.28. The number of aromatic carboxylic acids is 1. The van der Waals surface area contributed by atoms with Crippen LogP contribution in [0.4, 0.5) is 10.1 Å². The molecule has 2 aromatic heterocycles. The van der Waals surface area contributed by atoms with Gasteiger partial charge in [-0.05, 0) is 48.9 Å². The zero-order valence-corrected chi connectivity index (χ0v) is 21.2. The highest BCUT2D eigenvalue weighted by molar-refractivity contribution is 7.90. The van der Waals surface area contributed by atoms with Gasteiger partial charge >= 0.3 is 5.97 Å². The number of methoxy groups -OCH3 is 1. The van der Waals surface area contributed by atoms with Crippen LogP contribution in [0.5, 0.6) is 5.75 Å². The third-order valence-corrected chi connectivity index (χ3v) is 7.94. The monoisotopic (exact) mass is 531 g/mol. The summed E-state index contributed by atoms with van der Waals surface area (Å²) in [5.74, 6) is -1.75. The average Bonchev–Trinajstić information content (AvgIpc) is 3.29. The summed E-state index contributed by atoms with van der Waals surface area (Å²) in [5.41, 5.74) is 7.54. The average molecular weight is 532 g/mol. The van der Waals surface area contributed by atoms with Crippen LogP contribution in [0.1, 0.15) is 15.9 Å². The van der Waals surface area contributed by atoms with Crippen LogP contribution in [0.15, 0.2) is 84.0 Å². The molecule has 10 heteroatoms. The first-order chi connectivity index (χ1) is 18.1. The van der Waals surface area contributed by atoms with E-state index in [1.165, 1.54) is 37.7 Å². The highest BCUT2D eigenvalue weighted by atomic mass is 32.2. The largest absolute Gasteiger partial charge is 0.496 e. The van der Waals surface area contributed by atoms with Crippen LogP contribution in [0, 0.1) is 12.7 Å². The van der Waals surface area contributed by atoms with Gasteiger partial charge in [-0.1, -0.05) is 35.9 Å². The van der Waals surface area contributed by atoms with Crippen LogP contribution >= 0.6 is 0 Å². The van der Waals surface area contributed by atoms with E-state index in [9.17, 15) is 22.7 Å². The van der Waals surface area contributed by atoms with Gasteiger partial charge in [0.05, 0.1) is 23.3 Å². The molecule has 0 spiro atoms. The number of hydrogen-bond acceptors (Lipinski definition) is 6. The Balaban J connectivity index is 1.80. The second-order valence-electron chi connectivity index (χ2n) is 8.68. The maximum absolute atomic E-state index is 14.5. The highest BCUT2D eigenvalue weighted by Gasteiger charge is 2.25. The summed E-state index contributed by atoms with van der Waals surface area (Å²) in [7, 11) is -2.53. The van der Waals surface area contributed by atoms with Crippen molar-refractivity contribution in [3.05, 3.63) is 96.1 Å². The predicted octanol–water partition coefficient (Wildman–Crippen LogP) is 5.34. The molecule has 0 unspecified atom stereocenters. The molecule has 3 N–H and O–H groups in total. The van der Waals surface area contributed by atoms with Crippen molar-refractivity contribution in [1.82, 2.24) is 8.96 Å². The summed E-state index contributed by atoms with van der Waals surface area (Å²) in [4.78, 5) is 16.1. The van der Waals surface area contributed by atoms with Crippen LogP contribution in [0.25, 0.3) is 33.3 Å². The number of hydrogen-bond donors (Lipinski definition) is 2. The van der Waals surface area contributed by atoms with E-state index in [1.54, 1.807) is 42.5 Å². The van der Waals surface area contributed by atoms with E-state index in [-0.39, 0.29) is 21.7 Å². The first kappa shape index (κ1) is 25.0. The smallest absolute Gasteiger partial charge is 0.337 e. The number of rotatable bonds is 6. The SMILES string of the molecule is COc1ccccc1-c1cn(S(=O)(=O)c2ccc(C)cc2)c2ncc(-c3cc(F)c(N)c(C(=O)O)c3)cc12. The van der Waals surface area contributed by atoms with E-state index in [0.717, 1.165) is 15.6 Å². The molecule has 0 amide bonds. The van der Waals surface area contributed by atoms with Crippen LogP contribution in [-0.4, -0.2) is 35.6 Å². The number of nitrogens with zero attached hydrogens (tertiary/aromatic N) is 2. The van der Waals surface area contributed by atoms with Gasteiger partial charge in [-0.3, -0.25) is 0 Å². The minimum absolute atomic E-state index is 0.0872. The Morgan fingerprint density at radius 1 is 1.03 bits per heavy atom. The number of pyridine rings is 1. The van der Waals surface area contributed by atoms with E-state index < -0.39 is 27.5 Å². The van der Waals surface area contributed by atoms with Crippen LogP contribution < -0.4 is 10.5 Å². The summed E-state index contributed by atoms with van der Waals surface area (Å²) in [5, 5.41) is 9.90. The van der Waals surface area contributed by atoms with Gasteiger partial charge in [-0.2, -0.15) is 0 Å². The summed E-state index contributed by atoms with van der Waals surface area (Å²) >= 11 is 0. The van der Waals surface area contributed by atoms with Gasteiger partial charge in [0, 0.05) is 34.5 Å². The molecule has 192 valence electrons. The fourth-order valence-electron chi connectivity index (χ4n) is 4.29. The van der Waals surface area contributed by atoms with E-state index >= 15 is 0 Å². The summed E-state index contributed by atoms with van der Waals surface area (Å²) in [6.45, 7) is 1.86. The molecule has 0 aliphatic rings. The maximum atomic E-state index is 14.5. The fourth-order valence-corrected chi connectivity index (χ4v) is 5.61. The molecule has 5 aromatic rings. The molecule has 0 aliphatic heterocycles. The lowest BCUT2D eigenvalue weighted by atomic mass is 9.99. The fraction of sp³-hybridized carbons (Fsp3) is 0.0714. The minimum Gasteiger partial charge on any atom is -0.496 e. The highest BCUT2D eigenvalue weighted by Crippen LogP contribution is 2.39. The van der Waals surface area contributed by atoms with E-state index in [4.69, 9.17) is 10.5 Å². The number of fused-ring (bicyclic) bond motifs is 1. The number of nitrogens with two attached hydrogens (primary N) is 1. The Labute approximate surface area is 217 Å². The van der Waals surface area contributed by atoms with Crippen molar-refractivity contribution in [2.75, 3.05) is 12.8 Å². The van der Waals surface area contributed by atoms with Crippen molar-refractivity contribution < 1.29 is 27.4 Å². The van der Waals surface area contributed by atoms with Crippen LogP contribution in [0.3, 0.4) is 0 Å². The normalized spacial score (nSPS) is 11.6. The van der Waals surface area contributed by atoms with Crippen LogP contribution in [0.2, 0.25) is 0 Å². The quantitative estimate of drug-likeness (QED) is 0.283. The van der Waals surface area contributed by atoms with Crippen molar-refractivity contribution in [1.29, 1.82) is 0 Å². The van der Waals surface area contributed by atoms with Gasteiger partial charge in [0.25, 0.3) is 10.0 Å². The lowest BCUT2D eigenvalue weighted by molar-refractivity contribution is 0.0697. The molecule has 0 aliphatic carbocycles. The van der Waals surface area contributed by atoms with Crippen molar-refractivity contribution in [3.8, 4) is 28.0 Å². The number of ether oxygens (including phenoxy) is 1. The number of carbonyl (C=O) groups is 1. The molecule has 0 atom stereocenters. The molecule has 0 fully saturated rings. The van der Waals surface area contributed by atoms with Crippen molar-refractivity contribution in [2.24, 2.45) is 0 Å². The molecule has 0 saturated heterocycles. The number of benzene rings is 3. The molecule has 8 nitrogen and oxygen atoms in total. The van der Waals surface area contributed by atoms with Gasteiger partial charge in [-0.25, -0.2) is 26.6 Å². The van der Waals surface area contributed by atoms with E-state index in [2.05, 4.69) is 4.98 Å². The number of aromatic nitrogens is 2. The number of carboxylic acids is 1. The number of nitrogen functional groups attached to an aromatic ring is 1. The topological polar surface area (TPSA) is 125 Å². The standard InChI is InChI=1S/C28H22FN3O5S/c1-16-7-9-19(10-8-16)38(35,36)32-15-23(20-5-3-4-6-25(20)37-2)21-12-18(14-31-27(21)32)17-11-22(28(33)34)26(30)24(29)13-17/h3-15H,30H2,1-2H3,(H,33,34). The molecule has 38 heavy (non-hydrogen) atoms. The molecule has 0 saturated carbocycles. The van der Waals surface area contributed by atoms with Gasteiger partial charge in [0.1, 0.15) is 11.6 Å². The van der Waals surface area contributed by atoms with Crippen molar-refractivity contribution in [3.63, 3.8) is 0 Å². The third kappa shape index (κ3) is 4.14. The predicted molar refractivity (Wildman–Crippen MR) is 142 cm³/mol. The second-order valence-corrected chi connectivity index (χ2v) is 10.5. The first-order valence-corrected chi connectivity index (χ1v) is 12.8. The molecule has 2 heterocycles. The van der Waals surface area contributed by atoms with Crippen molar-refractivity contribution >= 4 is 32.7 Å². The molecular formula is C28H22FN3O5S. The van der Waals surface area contributed by atoms with E-state index in [1.807, 2.05) is 6.92 Å². The molecule has 0 radical (unpaired) electrons. The lowest BCUT2D eigenvalue weighted by Gasteiger charge is -2.09. The molecule has 3 aromatic carbocycles. The number of anilines is 1. The van der Waals surface area contributed by atoms with Gasteiger partial charge < -0.3 is 15.6 Å². The van der Waals surface area contributed by atoms with Gasteiger partial charge in [0.15, 0.2) is 5.65 Å². The number of halogens is 1. The maximum Gasteiger partial charge on any atom is 0.337 e. The summed E-state index contributed by atoms with van der Waals surface area (Å²) in [6, 6.07) is 17.6. The molecular weight excluding hydrogens is 509 g/mol. The van der Waals surface area contributed by atoms with Gasteiger partial charge in [0.2, 0.25) is 0 Å². The number of para-hydroxylation sites is 1. The first-order valence-electron chi connectivity index (χ1n) is 11.4. The zero-order valence-electron chi connectivity index (χ0n) is 20.3. The lowest BCUT2D eigenvalue weighted by Crippen LogP contribution is -2.12. The zero-order chi connectivity index (χ0) is 27.2. The Bertz CT molecular complexity index is 1830. The Morgan fingerprint density at radius 3 is 2.42 bits per heavy atom. The number of carboxylic acid groups (broad SMARTS) is 1. The van der Waals surface area contributed by atoms with E-state index in [0.29, 0.717) is 27.8 Å². The van der Waals surface area contributed by atoms with Gasteiger partial charge in [-0.15, -0.1) is 0 Å². The van der Waals surface area contributed by atoms with Crippen molar-refractivity contribution in [2.45, 2.75) is 11.8 Å². The summed E-state index contributed by atoms with van der Waals surface area (Å²) in [6.07, 6.45) is 2.84. The Hall–Kier alpha value is -4.70.